The molecule has 1 amide bonds. The van der Waals surface area contributed by atoms with Crippen molar-refractivity contribution >= 4 is 5.91 Å². The number of nitrogen functional groups attached to an aromatic ring is 1. The maximum atomic E-state index is 11.7. The van der Waals surface area contributed by atoms with Gasteiger partial charge in [0.2, 0.25) is 0 Å². The molecule has 1 fully saturated rings. The third-order valence-electron chi connectivity index (χ3n) is 4.21. The van der Waals surface area contributed by atoms with Crippen LogP contribution in [0.1, 0.15) is 54.9 Å². The van der Waals surface area contributed by atoms with Crippen LogP contribution in [0.25, 0.3) is 0 Å². The van der Waals surface area contributed by atoms with Crippen LogP contribution in [0, 0.1) is 5.92 Å². The van der Waals surface area contributed by atoms with Gasteiger partial charge in [-0.25, -0.2) is 5.84 Å². The number of carbonyl (C=O) groups is 1. The summed E-state index contributed by atoms with van der Waals surface area (Å²) in [6.45, 7) is 2.70. The Morgan fingerprint density at radius 3 is 2.85 bits per heavy atom. The van der Waals surface area contributed by atoms with Crippen molar-refractivity contribution in [2.75, 3.05) is 0 Å². The van der Waals surface area contributed by atoms with Gasteiger partial charge < -0.3 is 4.74 Å². The fourth-order valence-electron chi connectivity index (χ4n) is 3.00. The van der Waals surface area contributed by atoms with Crippen molar-refractivity contribution in [1.29, 1.82) is 0 Å². The van der Waals surface area contributed by atoms with Crippen LogP contribution in [-0.2, 0) is 11.3 Å². The summed E-state index contributed by atoms with van der Waals surface area (Å²) >= 11 is 0. The molecule has 4 heteroatoms. The van der Waals surface area contributed by atoms with Crippen molar-refractivity contribution in [3.63, 3.8) is 0 Å². The van der Waals surface area contributed by atoms with E-state index in [0.717, 1.165) is 18.4 Å². The van der Waals surface area contributed by atoms with E-state index in [0.29, 0.717) is 24.2 Å². The molecule has 0 spiro atoms. The molecule has 3 N–H and O–H groups in total. The molecule has 1 saturated carbocycles. The van der Waals surface area contributed by atoms with Crippen molar-refractivity contribution < 1.29 is 9.53 Å². The van der Waals surface area contributed by atoms with Gasteiger partial charge in [0, 0.05) is 5.56 Å². The molecule has 20 heavy (non-hydrogen) atoms. The summed E-state index contributed by atoms with van der Waals surface area (Å²) in [7, 11) is 0. The number of hydrogen-bond donors (Lipinski definition) is 2. The standard InChI is InChI=1S/C16H24N2O2/c1-2-12-7-4-6-10-15(12)20-11-13-8-3-5-9-14(13)16(19)18-17/h3,5,8-9,12,15H,2,4,6-7,10-11,17H2,1H3,(H,18,19). The number of rotatable bonds is 5. The van der Waals surface area contributed by atoms with E-state index in [2.05, 4.69) is 12.3 Å². The van der Waals surface area contributed by atoms with E-state index < -0.39 is 0 Å². The lowest BCUT2D eigenvalue weighted by molar-refractivity contribution is -0.0223. The van der Waals surface area contributed by atoms with E-state index in [1.165, 1.54) is 19.3 Å². The topological polar surface area (TPSA) is 64.3 Å². The van der Waals surface area contributed by atoms with Crippen LogP contribution in [-0.4, -0.2) is 12.0 Å². The highest BCUT2D eigenvalue weighted by Gasteiger charge is 2.24. The summed E-state index contributed by atoms with van der Waals surface area (Å²) in [5.41, 5.74) is 3.68. The lowest BCUT2D eigenvalue weighted by Gasteiger charge is -2.31. The van der Waals surface area contributed by atoms with E-state index in [9.17, 15) is 4.79 Å². The van der Waals surface area contributed by atoms with Gasteiger partial charge in [-0.3, -0.25) is 10.2 Å². The lowest BCUT2D eigenvalue weighted by Crippen LogP contribution is -2.31. The Morgan fingerprint density at radius 2 is 2.10 bits per heavy atom. The summed E-state index contributed by atoms with van der Waals surface area (Å²) in [6.07, 6.45) is 6.42. The van der Waals surface area contributed by atoms with Gasteiger partial charge in [-0.05, 0) is 30.4 Å². The molecule has 0 saturated heterocycles. The number of hydrazine groups is 1. The Hall–Kier alpha value is -1.39. The molecule has 0 aromatic heterocycles. The van der Waals surface area contributed by atoms with Gasteiger partial charge in [0.25, 0.3) is 5.91 Å². The molecule has 1 aliphatic rings. The minimum atomic E-state index is -0.264. The monoisotopic (exact) mass is 276 g/mol. The molecular formula is C16H24N2O2. The average molecular weight is 276 g/mol. The number of benzene rings is 1. The normalized spacial score (nSPS) is 22.5. The zero-order valence-corrected chi connectivity index (χ0v) is 12.1. The van der Waals surface area contributed by atoms with Crippen molar-refractivity contribution in [3.05, 3.63) is 35.4 Å². The molecule has 1 aliphatic carbocycles. The summed E-state index contributed by atoms with van der Waals surface area (Å²) in [4.78, 5) is 11.7. The highest BCUT2D eigenvalue weighted by atomic mass is 16.5. The molecule has 110 valence electrons. The lowest BCUT2D eigenvalue weighted by atomic mass is 9.85. The highest BCUT2D eigenvalue weighted by Crippen LogP contribution is 2.30. The quantitative estimate of drug-likeness (QED) is 0.494. The van der Waals surface area contributed by atoms with Crippen molar-refractivity contribution in [2.24, 2.45) is 11.8 Å². The molecule has 2 atom stereocenters. The Balaban J connectivity index is 2.01. The molecule has 0 radical (unpaired) electrons. The van der Waals surface area contributed by atoms with E-state index in [1.807, 2.05) is 18.2 Å². The largest absolute Gasteiger partial charge is 0.373 e. The predicted octanol–water partition coefficient (Wildman–Crippen LogP) is 2.78. The van der Waals surface area contributed by atoms with Crippen molar-refractivity contribution in [3.8, 4) is 0 Å². The fourth-order valence-corrected chi connectivity index (χ4v) is 3.00. The summed E-state index contributed by atoms with van der Waals surface area (Å²) in [5.74, 6) is 5.60. The maximum Gasteiger partial charge on any atom is 0.265 e. The molecule has 1 aromatic carbocycles. The second kappa shape index (κ2) is 7.41. The summed E-state index contributed by atoms with van der Waals surface area (Å²) in [5, 5.41) is 0. The van der Waals surface area contributed by atoms with Gasteiger partial charge in [0.05, 0.1) is 12.7 Å². The first kappa shape index (κ1) is 15.0. The first-order valence-electron chi connectivity index (χ1n) is 7.46. The number of nitrogens with one attached hydrogen (secondary N) is 1. The number of amides is 1. The van der Waals surface area contributed by atoms with Gasteiger partial charge in [-0.2, -0.15) is 0 Å². The third kappa shape index (κ3) is 3.58. The third-order valence-corrected chi connectivity index (χ3v) is 4.21. The van der Waals surface area contributed by atoms with E-state index in [4.69, 9.17) is 10.6 Å². The Labute approximate surface area is 120 Å². The van der Waals surface area contributed by atoms with Crippen LogP contribution < -0.4 is 11.3 Å². The van der Waals surface area contributed by atoms with Crippen LogP contribution in [0.15, 0.2) is 24.3 Å². The average Bonchev–Trinajstić information content (AvgIpc) is 2.52. The van der Waals surface area contributed by atoms with Crippen molar-refractivity contribution in [2.45, 2.75) is 51.7 Å². The second-order valence-corrected chi connectivity index (χ2v) is 5.43. The van der Waals surface area contributed by atoms with Crippen LogP contribution in [0.4, 0.5) is 0 Å². The Kier molecular flexibility index (Phi) is 5.56. The van der Waals surface area contributed by atoms with Gasteiger partial charge >= 0.3 is 0 Å². The van der Waals surface area contributed by atoms with Crippen molar-refractivity contribution in [1.82, 2.24) is 5.43 Å². The smallest absolute Gasteiger partial charge is 0.265 e. The molecule has 1 aromatic rings. The van der Waals surface area contributed by atoms with Gasteiger partial charge in [-0.15, -0.1) is 0 Å². The minimum Gasteiger partial charge on any atom is -0.373 e. The molecule has 2 unspecified atom stereocenters. The van der Waals surface area contributed by atoms with Gasteiger partial charge in [0.15, 0.2) is 0 Å². The Bertz CT molecular complexity index is 448. The van der Waals surface area contributed by atoms with E-state index >= 15 is 0 Å². The van der Waals surface area contributed by atoms with Gasteiger partial charge in [-0.1, -0.05) is 44.4 Å². The van der Waals surface area contributed by atoms with E-state index in [1.54, 1.807) is 6.07 Å². The van der Waals surface area contributed by atoms with Crippen LogP contribution in [0.5, 0.6) is 0 Å². The number of hydrogen-bond acceptors (Lipinski definition) is 3. The van der Waals surface area contributed by atoms with Gasteiger partial charge in [0.1, 0.15) is 0 Å². The Morgan fingerprint density at radius 1 is 1.35 bits per heavy atom. The number of carbonyl (C=O) groups excluding carboxylic acids is 1. The molecule has 2 rings (SSSR count). The molecule has 4 nitrogen and oxygen atoms in total. The molecular weight excluding hydrogens is 252 g/mol. The number of ether oxygens (including phenoxy) is 1. The van der Waals surface area contributed by atoms with Crippen LogP contribution in [0.3, 0.4) is 0 Å². The van der Waals surface area contributed by atoms with Crippen LogP contribution in [0.2, 0.25) is 0 Å². The molecule has 0 aliphatic heterocycles. The van der Waals surface area contributed by atoms with Crippen LogP contribution >= 0.6 is 0 Å². The zero-order valence-electron chi connectivity index (χ0n) is 12.1. The molecule has 0 bridgehead atoms. The summed E-state index contributed by atoms with van der Waals surface area (Å²) < 4.78 is 6.09. The minimum absolute atomic E-state index is 0.264. The molecule has 0 heterocycles. The maximum absolute atomic E-state index is 11.7. The zero-order chi connectivity index (χ0) is 14.4. The first-order chi connectivity index (χ1) is 9.76. The predicted molar refractivity (Wildman–Crippen MR) is 78.9 cm³/mol. The van der Waals surface area contributed by atoms with E-state index in [-0.39, 0.29) is 5.91 Å². The first-order valence-corrected chi connectivity index (χ1v) is 7.46. The number of nitrogens with two attached hydrogens (primary N) is 1. The SMILES string of the molecule is CCC1CCCCC1OCc1ccccc1C(=O)NN. The second-order valence-electron chi connectivity index (χ2n) is 5.43. The fraction of sp³-hybridized carbons (Fsp3) is 0.562. The highest BCUT2D eigenvalue weighted by molar-refractivity contribution is 5.95. The summed E-state index contributed by atoms with van der Waals surface area (Å²) in [6, 6.07) is 7.46.